The van der Waals surface area contributed by atoms with E-state index in [-0.39, 0.29) is 16.3 Å². The molecule has 2 rings (SSSR count). The fourth-order valence-corrected chi connectivity index (χ4v) is 4.06. The number of hydrogen-bond donors (Lipinski definition) is 2. The predicted molar refractivity (Wildman–Crippen MR) is 88.0 cm³/mol. The number of nitrogens with two attached hydrogens (primary N) is 1. The first-order valence-corrected chi connectivity index (χ1v) is 9.88. The summed E-state index contributed by atoms with van der Waals surface area (Å²) in [6.07, 6.45) is 0. The van der Waals surface area contributed by atoms with Crippen molar-refractivity contribution in [1.29, 1.82) is 0 Å². The zero-order valence-corrected chi connectivity index (χ0v) is 14.5. The van der Waals surface area contributed by atoms with Crippen LogP contribution in [0.1, 0.15) is 11.1 Å². The maximum absolute atomic E-state index is 12.3. The van der Waals surface area contributed by atoms with Crippen molar-refractivity contribution < 1.29 is 16.8 Å². The van der Waals surface area contributed by atoms with Crippen LogP contribution in [0.4, 0.5) is 0 Å². The van der Waals surface area contributed by atoms with E-state index in [1.807, 2.05) is 0 Å². The Morgan fingerprint density at radius 2 is 1.74 bits per heavy atom. The first kappa shape index (κ1) is 17.9. The number of hydrogen-bond acceptors (Lipinski definition) is 4. The molecule has 0 atom stereocenters. The number of benzene rings is 2. The van der Waals surface area contributed by atoms with Crippen LogP contribution in [0.5, 0.6) is 0 Å². The van der Waals surface area contributed by atoms with Crippen molar-refractivity contribution in [2.24, 2.45) is 5.14 Å². The normalized spacial score (nSPS) is 12.3. The van der Waals surface area contributed by atoms with E-state index in [1.165, 1.54) is 24.3 Å². The molecule has 0 saturated heterocycles. The molecule has 0 aromatic heterocycles. The third kappa shape index (κ3) is 4.30. The highest BCUT2D eigenvalue weighted by molar-refractivity contribution is 7.89. The summed E-state index contributed by atoms with van der Waals surface area (Å²) < 4.78 is 49.7. The van der Waals surface area contributed by atoms with Gasteiger partial charge in [-0.05, 0) is 42.3 Å². The molecule has 0 aliphatic rings. The summed E-state index contributed by atoms with van der Waals surface area (Å²) in [6, 6.07) is 10.4. The Kier molecular flexibility index (Phi) is 5.12. The summed E-state index contributed by atoms with van der Waals surface area (Å²) >= 11 is 5.94. The molecule has 0 aliphatic heterocycles. The van der Waals surface area contributed by atoms with Gasteiger partial charge in [-0.2, -0.15) is 0 Å². The molecule has 2 aromatic rings. The maximum atomic E-state index is 12.3. The van der Waals surface area contributed by atoms with Gasteiger partial charge in [0.15, 0.2) is 0 Å². The number of rotatable bonds is 5. The molecule has 0 heterocycles. The standard InChI is InChI=1S/C14H15ClN2O4S2/c1-10-13(15)6-3-7-14(10)23(20,21)17-9-11-4-2-5-12(8-11)22(16,18)19/h2-8,17H,9H2,1H3,(H2,16,18,19). The number of nitrogens with one attached hydrogen (secondary N) is 1. The molecule has 0 amide bonds. The summed E-state index contributed by atoms with van der Waals surface area (Å²) in [6.45, 7) is 1.54. The van der Waals surface area contributed by atoms with Crippen molar-refractivity contribution in [2.45, 2.75) is 23.3 Å². The lowest BCUT2D eigenvalue weighted by atomic mass is 10.2. The largest absolute Gasteiger partial charge is 0.241 e. The van der Waals surface area contributed by atoms with Gasteiger partial charge in [0.1, 0.15) is 0 Å². The second-order valence-corrected chi connectivity index (χ2v) is 8.58. The maximum Gasteiger partial charge on any atom is 0.241 e. The third-order valence-corrected chi connectivity index (χ3v) is 6.07. The molecule has 0 unspecified atom stereocenters. The quantitative estimate of drug-likeness (QED) is 0.831. The lowest BCUT2D eigenvalue weighted by Gasteiger charge is -2.10. The molecule has 0 saturated carbocycles. The Hall–Kier alpha value is -1.45. The molecule has 0 aliphatic carbocycles. The molecule has 9 heteroatoms. The molecule has 0 spiro atoms. The molecule has 3 N–H and O–H groups in total. The van der Waals surface area contributed by atoms with Crippen LogP contribution in [-0.2, 0) is 26.6 Å². The van der Waals surface area contributed by atoms with Crippen LogP contribution in [0, 0.1) is 6.92 Å². The van der Waals surface area contributed by atoms with Crippen LogP contribution in [0.15, 0.2) is 52.3 Å². The zero-order valence-electron chi connectivity index (χ0n) is 12.2. The molecule has 124 valence electrons. The summed E-state index contributed by atoms with van der Waals surface area (Å²) in [5.74, 6) is 0. The van der Waals surface area contributed by atoms with Gasteiger partial charge in [0, 0.05) is 11.6 Å². The van der Waals surface area contributed by atoms with Crippen molar-refractivity contribution in [1.82, 2.24) is 4.72 Å². The fraction of sp³-hybridized carbons (Fsp3) is 0.143. The Morgan fingerprint density at radius 3 is 2.39 bits per heavy atom. The zero-order chi connectivity index (χ0) is 17.3. The van der Waals surface area contributed by atoms with E-state index >= 15 is 0 Å². The van der Waals surface area contributed by atoms with Gasteiger partial charge in [-0.1, -0.05) is 29.8 Å². The fourth-order valence-electron chi connectivity index (χ4n) is 1.97. The van der Waals surface area contributed by atoms with Gasteiger partial charge in [-0.25, -0.2) is 26.7 Å². The van der Waals surface area contributed by atoms with Crippen molar-refractivity contribution >= 4 is 31.6 Å². The highest BCUT2D eigenvalue weighted by atomic mass is 35.5. The summed E-state index contributed by atoms with van der Waals surface area (Å²) in [7, 11) is -7.61. The summed E-state index contributed by atoms with van der Waals surface area (Å²) in [5, 5.41) is 5.41. The summed E-state index contributed by atoms with van der Waals surface area (Å²) in [5.41, 5.74) is 0.916. The first-order valence-electron chi connectivity index (χ1n) is 6.48. The van der Waals surface area contributed by atoms with Gasteiger partial charge in [0.25, 0.3) is 0 Å². The Morgan fingerprint density at radius 1 is 1.09 bits per heavy atom. The molecule has 0 fully saturated rings. The second kappa shape index (κ2) is 6.58. The third-order valence-electron chi connectivity index (χ3n) is 3.20. The Bertz CT molecular complexity index is 941. The van der Waals surface area contributed by atoms with E-state index < -0.39 is 20.0 Å². The Balaban J connectivity index is 2.25. The van der Waals surface area contributed by atoms with Gasteiger partial charge in [-0.3, -0.25) is 0 Å². The van der Waals surface area contributed by atoms with Crippen molar-refractivity contribution in [3.05, 3.63) is 58.6 Å². The molecule has 2 aromatic carbocycles. The lowest BCUT2D eigenvalue weighted by molar-refractivity contribution is 0.580. The minimum Gasteiger partial charge on any atom is -0.225 e. The minimum atomic E-state index is -3.84. The Labute approximate surface area is 140 Å². The van der Waals surface area contributed by atoms with Crippen LogP contribution in [0.2, 0.25) is 5.02 Å². The van der Waals surface area contributed by atoms with Gasteiger partial charge >= 0.3 is 0 Å². The van der Waals surface area contributed by atoms with Gasteiger partial charge < -0.3 is 0 Å². The van der Waals surface area contributed by atoms with Crippen molar-refractivity contribution in [3.63, 3.8) is 0 Å². The summed E-state index contributed by atoms with van der Waals surface area (Å²) in [4.78, 5) is 0.000681. The van der Waals surface area contributed by atoms with Gasteiger partial charge in [-0.15, -0.1) is 0 Å². The monoisotopic (exact) mass is 374 g/mol. The van der Waals surface area contributed by atoms with E-state index in [9.17, 15) is 16.8 Å². The van der Waals surface area contributed by atoms with E-state index in [0.717, 1.165) is 0 Å². The molecular formula is C14H15ClN2O4S2. The van der Waals surface area contributed by atoms with Gasteiger partial charge in [0.2, 0.25) is 20.0 Å². The predicted octanol–water partition coefficient (Wildman–Crippen LogP) is 1.77. The topological polar surface area (TPSA) is 106 Å². The molecule has 0 bridgehead atoms. The molecular weight excluding hydrogens is 360 g/mol. The molecule has 0 radical (unpaired) electrons. The average Bonchev–Trinajstić information content (AvgIpc) is 2.47. The molecule has 23 heavy (non-hydrogen) atoms. The first-order chi connectivity index (χ1) is 10.6. The molecule has 6 nitrogen and oxygen atoms in total. The van der Waals surface area contributed by atoms with E-state index in [1.54, 1.807) is 25.1 Å². The van der Waals surface area contributed by atoms with Crippen LogP contribution in [-0.4, -0.2) is 16.8 Å². The van der Waals surface area contributed by atoms with Crippen molar-refractivity contribution in [2.75, 3.05) is 0 Å². The smallest absolute Gasteiger partial charge is 0.225 e. The SMILES string of the molecule is Cc1c(Cl)cccc1S(=O)(=O)NCc1cccc(S(N)(=O)=O)c1. The van der Waals surface area contributed by atoms with E-state index in [4.69, 9.17) is 16.7 Å². The lowest BCUT2D eigenvalue weighted by Crippen LogP contribution is -2.24. The van der Waals surface area contributed by atoms with E-state index in [0.29, 0.717) is 16.1 Å². The van der Waals surface area contributed by atoms with E-state index in [2.05, 4.69) is 4.72 Å². The number of halogens is 1. The van der Waals surface area contributed by atoms with Crippen molar-refractivity contribution in [3.8, 4) is 0 Å². The number of sulfonamides is 2. The average molecular weight is 375 g/mol. The van der Waals surface area contributed by atoms with Crippen LogP contribution in [0.3, 0.4) is 0 Å². The second-order valence-electron chi connectivity index (χ2n) is 4.88. The van der Waals surface area contributed by atoms with Crippen LogP contribution < -0.4 is 9.86 Å². The minimum absolute atomic E-state index is 0.0718. The van der Waals surface area contributed by atoms with Gasteiger partial charge in [0.05, 0.1) is 9.79 Å². The highest BCUT2D eigenvalue weighted by Crippen LogP contribution is 2.22. The van der Waals surface area contributed by atoms with Crippen LogP contribution >= 0.6 is 11.6 Å². The number of primary sulfonamides is 1. The van der Waals surface area contributed by atoms with Crippen LogP contribution in [0.25, 0.3) is 0 Å². The highest BCUT2D eigenvalue weighted by Gasteiger charge is 2.18.